The van der Waals surface area contributed by atoms with E-state index < -0.39 is 10.8 Å². The van der Waals surface area contributed by atoms with Crippen molar-refractivity contribution in [1.29, 1.82) is 0 Å². The second kappa shape index (κ2) is 9.61. The van der Waals surface area contributed by atoms with E-state index in [1.54, 1.807) is 24.5 Å². The number of nitrogens with zero attached hydrogens (tertiary/aromatic N) is 3. The quantitative estimate of drug-likeness (QED) is 0.448. The van der Waals surface area contributed by atoms with Crippen molar-refractivity contribution in [3.63, 3.8) is 0 Å². The Morgan fingerprint density at radius 3 is 2.56 bits per heavy atom. The largest absolute Gasteiger partial charge is 0.468 e. The molecular formula is C23H23FN4O4. The number of nitro benzene ring substituents is 1. The highest BCUT2D eigenvalue weighted by atomic mass is 19.1. The molecule has 0 unspecified atom stereocenters. The number of furan rings is 1. The smallest absolute Gasteiger partial charge is 0.270 e. The Hall–Kier alpha value is -3.72. The summed E-state index contributed by atoms with van der Waals surface area (Å²) in [6.07, 6.45) is 1.58. The number of amides is 1. The zero-order chi connectivity index (χ0) is 22.5. The SMILES string of the molecule is O=C(NC[C@H](c1ccco1)N1CCN(c2ccccc2F)CC1)c1cccc([N+](=O)[O-])c1. The minimum absolute atomic E-state index is 0.135. The number of hydrogen-bond donors (Lipinski definition) is 1. The van der Waals surface area contributed by atoms with Crippen LogP contribution in [0.25, 0.3) is 0 Å². The van der Waals surface area contributed by atoms with E-state index in [-0.39, 0.29) is 29.7 Å². The molecule has 166 valence electrons. The van der Waals surface area contributed by atoms with Crippen LogP contribution in [0.2, 0.25) is 0 Å². The van der Waals surface area contributed by atoms with Gasteiger partial charge in [0, 0.05) is 50.4 Å². The normalized spacial score (nSPS) is 15.3. The molecule has 1 N–H and O–H groups in total. The molecule has 2 heterocycles. The van der Waals surface area contributed by atoms with Gasteiger partial charge in [-0.1, -0.05) is 18.2 Å². The molecule has 0 bridgehead atoms. The molecule has 0 radical (unpaired) electrons. The van der Waals surface area contributed by atoms with Crippen LogP contribution in [0, 0.1) is 15.9 Å². The Labute approximate surface area is 184 Å². The van der Waals surface area contributed by atoms with Crippen LogP contribution in [-0.2, 0) is 0 Å². The molecular weight excluding hydrogens is 415 g/mol. The zero-order valence-electron chi connectivity index (χ0n) is 17.3. The van der Waals surface area contributed by atoms with Crippen molar-refractivity contribution in [3.05, 3.63) is 94.2 Å². The number of piperazine rings is 1. The van der Waals surface area contributed by atoms with Crippen LogP contribution in [0.1, 0.15) is 22.2 Å². The first-order valence-electron chi connectivity index (χ1n) is 10.3. The third kappa shape index (κ3) is 4.78. The molecule has 1 amide bonds. The molecule has 8 nitrogen and oxygen atoms in total. The molecule has 1 aromatic heterocycles. The number of nitrogens with one attached hydrogen (secondary N) is 1. The van der Waals surface area contributed by atoms with Gasteiger partial charge in [0.1, 0.15) is 11.6 Å². The third-order valence-corrected chi connectivity index (χ3v) is 5.59. The number of nitro groups is 1. The van der Waals surface area contributed by atoms with Gasteiger partial charge in [-0.15, -0.1) is 0 Å². The first kappa shape index (κ1) is 21.5. The fourth-order valence-electron chi connectivity index (χ4n) is 3.93. The van der Waals surface area contributed by atoms with Crippen molar-refractivity contribution in [2.24, 2.45) is 0 Å². The van der Waals surface area contributed by atoms with Gasteiger partial charge in [0.25, 0.3) is 11.6 Å². The van der Waals surface area contributed by atoms with Crippen molar-refractivity contribution in [2.45, 2.75) is 6.04 Å². The molecule has 4 rings (SSSR count). The molecule has 9 heteroatoms. The fraction of sp³-hybridized carbons (Fsp3) is 0.261. The number of carbonyl (C=O) groups is 1. The van der Waals surface area contributed by atoms with Gasteiger partial charge in [0.05, 0.1) is 22.9 Å². The summed E-state index contributed by atoms with van der Waals surface area (Å²) in [7, 11) is 0. The lowest BCUT2D eigenvalue weighted by Crippen LogP contribution is -2.50. The summed E-state index contributed by atoms with van der Waals surface area (Å²) in [5, 5.41) is 13.8. The second-order valence-corrected chi connectivity index (χ2v) is 7.52. The lowest BCUT2D eigenvalue weighted by atomic mass is 10.1. The highest BCUT2D eigenvalue weighted by Crippen LogP contribution is 2.26. The minimum atomic E-state index is -0.530. The van der Waals surface area contributed by atoms with Crippen molar-refractivity contribution in [2.75, 3.05) is 37.6 Å². The van der Waals surface area contributed by atoms with E-state index in [0.717, 1.165) is 0 Å². The van der Waals surface area contributed by atoms with Gasteiger partial charge in [-0.2, -0.15) is 0 Å². The Morgan fingerprint density at radius 2 is 1.88 bits per heavy atom. The predicted molar refractivity (Wildman–Crippen MR) is 117 cm³/mol. The standard InChI is InChI=1S/C23H23FN4O4/c24-19-7-1-2-8-20(19)26-10-12-27(13-11-26)21(22-9-4-14-32-22)16-25-23(29)17-5-3-6-18(15-17)28(30)31/h1-9,14-15,21H,10-13,16H2,(H,25,29)/t21-/m1/s1. The highest BCUT2D eigenvalue weighted by Gasteiger charge is 2.28. The molecule has 1 aliphatic rings. The molecule has 0 spiro atoms. The summed E-state index contributed by atoms with van der Waals surface area (Å²) < 4.78 is 19.8. The van der Waals surface area contributed by atoms with Crippen LogP contribution in [-0.4, -0.2) is 48.5 Å². The maximum Gasteiger partial charge on any atom is 0.270 e. The van der Waals surface area contributed by atoms with E-state index in [2.05, 4.69) is 10.2 Å². The van der Waals surface area contributed by atoms with Crippen LogP contribution >= 0.6 is 0 Å². The number of halogens is 1. The van der Waals surface area contributed by atoms with E-state index in [1.807, 2.05) is 17.0 Å². The van der Waals surface area contributed by atoms with Gasteiger partial charge in [0.2, 0.25) is 0 Å². The van der Waals surface area contributed by atoms with Gasteiger partial charge in [-0.05, 0) is 30.3 Å². The van der Waals surface area contributed by atoms with Crippen LogP contribution in [0.5, 0.6) is 0 Å². The monoisotopic (exact) mass is 438 g/mol. The maximum absolute atomic E-state index is 14.1. The summed E-state index contributed by atoms with van der Waals surface area (Å²) in [5.74, 6) is 0.0756. The van der Waals surface area contributed by atoms with E-state index >= 15 is 0 Å². The lowest BCUT2D eigenvalue weighted by molar-refractivity contribution is -0.384. The van der Waals surface area contributed by atoms with Gasteiger partial charge >= 0.3 is 0 Å². The molecule has 0 aliphatic carbocycles. The molecule has 1 atom stereocenters. The van der Waals surface area contributed by atoms with Gasteiger partial charge < -0.3 is 14.6 Å². The Kier molecular flexibility index (Phi) is 6.46. The summed E-state index contributed by atoms with van der Waals surface area (Å²) in [5.41, 5.74) is 0.673. The highest BCUT2D eigenvalue weighted by molar-refractivity contribution is 5.94. The zero-order valence-corrected chi connectivity index (χ0v) is 17.3. The molecule has 1 fully saturated rings. The summed E-state index contributed by atoms with van der Waals surface area (Å²) >= 11 is 0. The Bertz CT molecular complexity index is 1080. The van der Waals surface area contributed by atoms with Gasteiger partial charge in [-0.25, -0.2) is 4.39 Å². The molecule has 3 aromatic rings. The number of benzene rings is 2. The van der Waals surface area contributed by atoms with Crippen LogP contribution in [0.4, 0.5) is 15.8 Å². The Morgan fingerprint density at radius 1 is 1.09 bits per heavy atom. The number of hydrogen-bond acceptors (Lipinski definition) is 6. The molecule has 2 aromatic carbocycles. The van der Waals surface area contributed by atoms with Crippen LogP contribution < -0.4 is 10.2 Å². The number of anilines is 1. The Balaban J connectivity index is 1.43. The summed E-state index contributed by atoms with van der Waals surface area (Å²) in [6, 6.07) is 15.8. The second-order valence-electron chi connectivity index (χ2n) is 7.52. The predicted octanol–water partition coefficient (Wildman–Crippen LogP) is 3.62. The number of rotatable bonds is 7. The van der Waals surface area contributed by atoms with Crippen molar-refractivity contribution in [1.82, 2.24) is 10.2 Å². The molecule has 32 heavy (non-hydrogen) atoms. The lowest BCUT2D eigenvalue weighted by Gasteiger charge is -2.39. The van der Waals surface area contributed by atoms with E-state index in [0.29, 0.717) is 37.6 Å². The minimum Gasteiger partial charge on any atom is -0.468 e. The van der Waals surface area contributed by atoms with Crippen molar-refractivity contribution < 1.29 is 18.5 Å². The summed E-state index contributed by atoms with van der Waals surface area (Å²) in [6.45, 7) is 2.86. The first-order valence-corrected chi connectivity index (χ1v) is 10.3. The average molecular weight is 438 g/mol. The number of non-ortho nitro benzene ring substituents is 1. The fourth-order valence-corrected chi connectivity index (χ4v) is 3.93. The molecule has 1 aliphatic heterocycles. The van der Waals surface area contributed by atoms with E-state index in [1.165, 1.54) is 30.3 Å². The first-order chi connectivity index (χ1) is 15.5. The third-order valence-electron chi connectivity index (χ3n) is 5.59. The van der Waals surface area contributed by atoms with Crippen molar-refractivity contribution >= 4 is 17.3 Å². The average Bonchev–Trinajstić information content (AvgIpc) is 3.34. The van der Waals surface area contributed by atoms with Crippen LogP contribution in [0.3, 0.4) is 0 Å². The number of para-hydroxylation sites is 1. The van der Waals surface area contributed by atoms with Crippen molar-refractivity contribution in [3.8, 4) is 0 Å². The van der Waals surface area contributed by atoms with E-state index in [9.17, 15) is 19.3 Å². The number of carbonyl (C=O) groups excluding carboxylic acids is 1. The maximum atomic E-state index is 14.1. The summed E-state index contributed by atoms with van der Waals surface area (Å²) in [4.78, 5) is 27.3. The topological polar surface area (TPSA) is 91.9 Å². The van der Waals surface area contributed by atoms with E-state index in [4.69, 9.17) is 4.42 Å². The van der Waals surface area contributed by atoms with Gasteiger partial charge in [0.15, 0.2) is 0 Å². The van der Waals surface area contributed by atoms with Crippen LogP contribution in [0.15, 0.2) is 71.3 Å². The molecule has 0 saturated carbocycles. The molecule has 1 saturated heterocycles. The van der Waals surface area contributed by atoms with Gasteiger partial charge in [-0.3, -0.25) is 19.8 Å².